The summed E-state index contributed by atoms with van der Waals surface area (Å²) in [6, 6.07) is 4.89. The molecule has 6 heteroatoms. The molecule has 1 aromatic carbocycles. The molecule has 2 amide bonds. The lowest BCUT2D eigenvalue weighted by atomic mass is 9.88. The van der Waals surface area contributed by atoms with E-state index in [4.69, 9.17) is 23.2 Å². The van der Waals surface area contributed by atoms with Gasteiger partial charge in [-0.15, -0.1) is 0 Å². The zero-order valence-electron chi connectivity index (χ0n) is 12.6. The van der Waals surface area contributed by atoms with Gasteiger partial charge in [0.25, 0.3) is 0 Å². The van der Waals surface area contributed by atoms with E-state index in [0.29, 0.717) is 15.7 Å². The fourth-order valence-corrected chi connectivity index (χ4v) is 3.03. The Kier molecular flexibility index (Phi) is 6.09. The maximum Gasteiger partial charge on any atom is 0.243 e. The molecule has 120 valence electrons. The fraction of sp³-hybridized carbons (Fsp3) is 0.500. The van der Waals surface area contributed by atoms with Crippen molar-refractivity contribution in [3.8, 4) is 0 Å². The summed E-state index contributed by atoms with van der Waals surface area (Å²) in [6.07, 6.45) is 5.25. The van der Waals surface area contributed by atoms with Gasteiger partial charge in [0, 0.05) is 18.7 Å². The molecule has 0 radical (unpaired) electrons. The Balaban J connectivity index is 1.87. The van der Waals surface area contributed by atoms with E-state index in [1.54, 1.807) is 25.2 Å². The summed E-state index contributed by atoms with van der Waals surface area (Å²) >= 11 is 11.7. The molecule has 0 heterocycles. The maximum atomic E-state index is 12.3. The molecule has 0 bridgehead atoms. The van der Waals surface area contributed by atoms with Gasteiger partial charge < -0.3 is 10.2 Å². The molecule has 1 aromatic rings. The van der Waals surface area contributed by atoms with Crippen LogP contribution in [-0.4, -0.2) is 30.3 Å². The predicted molar refractivity (Wildman–Crippen MR) is 89.3 cm³/mol. The van der Waals surface area contributed by atoms with E-state index in [9.17, 15) is 9.59 Å². The van der Waals surface area contributed by atoms with Crippen LogP contribution in [0.3, 0.4) is 0 Å². The SMILES string of the molecule is CN(CC(=O)Nc1ccc(Cl)c(Cl)c1)C(=O)C1CCCCC1. The van der Waals surface area contributed by atoms with Gasteiger partial charge in [-0.1, -0.05) is 42.5 Å². The average molecular weight is 343 g/mol. The van der Waals surface area contributed by atoms with E-state index in [-0.39, 0.29) is 24.3 Å². The van der Waals surface area contributed by atoms with Crippen molar-refractivity contribution >= 4 is 40.7 Å². The number of benzene rings is 1. The Morgan fingerprint density at radius 2 is 1.86 bits per heavy atom. The Labute approximate surface area is 140 Å². The van der Waals surface area contributed by atoms with Crippen molar-refractivity contribution in [1.29, 1.82) is 0 Å². The van der Waals surface area contributed by atoms with Gasteiger partial charge in [0.05, 0.1) is 16.6 Å². The maximum absolute atomic E-state index is 12.3. The minimum atomic E-state index is -0.245. The lowest BCUT2D eigenvalue weighted by Crippen LogP contribution is -2.39. The van der Waals surface area contributed by atoms with E-state index in [1.165, 1.54) is 11.3 Å². The summed E-state index contributed by atoms with van der Waals surface area (Å²) in [5.74, 6) is -0.120. The number of anilines is 1. The second-order valence-corrected chi connectivity index (χ2v) is 6.52. The molecule has 1 fully saturated rings. The van der Waals surface area contributed by atoms with Crippen molar-refractivity contribution in [3.63, 3.8) is 0 Å². The smallest absolute Gasteiger partial charge is 0.243 e. The number of carbonyl (C=O) groups excluding carboxylic acids is 2. The molecule has 1 saturated carbocycles. The van der Waals surface area contributed by atoms with Crippen LogP contribution in [0.4, 0.5) is 5.69 Å². The van der Waals surface area contributed by atoms with Gasteiger partial charge in [-0.2, -0.15) is 0 Å². The summed E-state index contributed by atoms with van der Waals surface area (Å²) < 4.78 is 0. The highest BCUT2D eigenvalue weighted by molar-refractivity contribution is 6.42. The molecule has 1 N–H and O–H groups in total. The zero-order valence-corrected chi connectivity index (χ0v) is 14.1. The second kappa shape index (κ2) is 7.84. The molecule has 0 aliphatic heterocycles. The topological polar surface area (TPSA) is 49.4 Å². The van der Waals surface area contributed by atoms with Crippen molar-refractivity contribution in [2.24, 2.45) is 5.92 Å². The first-order chi connectivity index (χ1) is 10.5. The van der Waals surface area contributed by atoms with Gasteiger partial charge in [0.1, 0.15) is 0 Å². The van der Waals surface area contributed by atoms with Crippen LogP contribution in [0.2, 0.25) is 10.0 Å². The van der Waals surface area contributed by atoms with Gasteiger partial charge in [-0.05, 0) is 31.0 Å². The Morgan fingerprint density at radius 1 is 1.18 bits per heavy atom. The molecule has 0 unspecified atom stereocenters. The molecule has 1 aliphatic carbocycles. The van der Waals surface area contributed by atoms with Crippen LogP contribution in [0.1, 0.15) is 32.1 Å². The number of halogens is 2. The van der Waals surface area contributed by atoms with E-state index in [2.05, 4.69) is 5.32 Å². The van der Waals surface area contributed by atoms with Gasteiger partial charge >= 0.3 is 0 Å². The number of nitrogens with one attached hydrogen (secondary N) is 1. The highest BCUT2D eigenvalue weighted by Crippen LogP contribution is 2.26. The summed E-state index contributed by atoms with van der Waals surface area (Å²) in [4.78, 5) is 25.8. The Morgan fingerprint density at radius 3 is 2.50 bits per heavy atom. The number of carbonyl (C=O) groups is 2. The molecule has 0 aromatic heterocycles. The first-order valence-corrected chi connectivity index (χ1v) is 8.23. The predicted octanol–water partition coefficient (Wildman–Crippen LogP) is 3.97. The molecule has 0 saturated heterocycles. The van der Waals surface area contributed by atoms with Gasteiger partial charge in [0.2, 0.25) is 11.8 Å². The molecule has 0 atom stereocenters. The van der Waals surface area contributed by atoms with E-state index < -0.39 is 0 Å². The van der Waals surface area contributed by atoms with Crippen molar-refractivity contribution in [1.82, 2.24) is 4.90 Å². The van der Waals surface area contributed by atoms with Crippen molar-refractivity contribution < 1.29 is 9.59 Å². The number of hydrogen-bond acceptors (Lipinski definition) is 2. The first kappa shape index (κ1) is 17.1. The second-order valence-electron chi connectivity index (χ2n) is 5.71. The molecular weight excluding hydrogens is 323 g/mol. The highest BCUT2D eigenvalue weighted by atomic mass is 35.5. The minimum absolute atomic E-state index is 0.0373. The van der Waals surface area contributed by atoms with Crippen LogP contribution < -0.4 is 5.32 Å². The van der Waals surface area contributed by atoms with Crippen LogP contribution in [0, 0.1) is 5.92 Å². The van der Waals surface area contributed by atoms with Gasteiger partial charge in [-0.25, -0.2) is 0 Å². The number of likely N-dealkylation sites (N-methyl/N-ethyl adjacent to an activating group) is 1. The standard InChI is InChI=1S/C16H20Cl2N2O2/c1-20(16(22)11-5-3-2-4-6-11)10-15(21)19-12-7-8-13(17)14(18)9-12/h7-9,11H,2-6,10H2,1H3,(H,19,21). The molecule has 2 rings (SSSR count). The van der Waals surface area contributed by atoms with Crippen molar-refractivity contribution in [2.75, 3.05) is 18.9 Å². The van der Waals surface area contributed by atoms with E-state index >= 15 is 0 Å². The van der Waals surface area contributed by atoms with Crippen LogP contribution in [0.15, 0.2) is 18.2 Å². The third kappa shape index (κ3) is 4.62. The van der Waals surface area contributed by atoms with Crippen molar-refractivity contribution in [3.05, 3.63) is 28.2 Å². The minimum Gasteiger partial charge on any atom is -0.336 e. The van der Waals surface area contributed by atoms with Gasteiger partial charge in [-0.3, -0.25) is 9.59 Å². The summed E-state index contributed by atoms with van der Waals surface area (Å²) in [5, 5.41) is 3.54. The van der Waals surface area contributed by atoms with E-state index in [1.807, 2.05) is 0 Å². The quantitative estimate of drug-likeness (QED) is 0.899. The number of nitrogens with zero attached hydrogens (tertiary/aromatic N) is 1. The summed E-state index contributed by atoms with van der Waals surface area (Å²) in [6.45, 7) is 0.0373. The number of hydrogen-bond donors (Lipinski definition) is 1. The Hall–Kier alpha value is -1.26. The Bertz CT molecular complexity index is 557. The molecule has 0 spiro atoms. The zero-order chi connectivity index (χ0) is 16.1. The van der Waals surface area contributed by atoms with Crippen LogP contribution in [0.5, 0.6) is 0 Å². The van der Waals surface area contributed by atoms with Crippen LogP contribution in [0.25, 0.3) is 0 Å². The lowest BCUT2D eigenvalue weighted by molar-refractivity contribution is -0.137. The largest absolute Gasteiger partial charge is 0.336 e. The molecule has 1 aliphatic rings. The van der Waals surface area contributed by atoms with E-state index in [0.717, 1.165) is 25.7 Å². The molecule has 4 nitrogen and oxygen atoms in total. The fourth-order valence-electron chi connectivity index (χ4n) is 2.73. The van der Waals surface area contributed by atoms with Gasteiger partial charge in [0.15, 0.2) is 0 Å². The average Bonchev–Trinajstić information content (AvgIpc) is 2.51. The van der Waals surface area contributed by atoms with Crippen LogP contribution in [-0.2, 0) is 9.59 Å². The molecular formula is C16H20Cl2N2O2. The monoisotopic (exact) mass is 342 g/mol. The first-order valence-electron chi connectivity index (χ1n) is 7.47. The number of rotatable bonds is 4. The molecule has 22 heavy (non-hydrogen) atoms. The summed E-state index contributed by atoms with van der Waals surface area (Å²) in [5.41, 5.74) is 0.568. The highest BCUT2D eigenvalue weighted by Gasteiger charge is 2.25. The third-order valence-corrected chi connectivity index (χ3v) is 4.65. The van der Waals surface area contributed by atoms with Crippen LogP contribution >= 0.6 is 23.2 Å². The lowest BCUT2D eigenvalue weighted by Gasteiger charge is -2.26. The normalized spacial score (nSPS) is 15.4. The van der Waals surface area contributed by atoms with Crippen molar-refractivity contribution in [2.45, 2.75) is 32.1 Å². The number of amides is 2. The third-order valence-electron chi connectivity index (χ3n) is 3.91. The summed E-state index contributed by atoms with van der Waals surface area (Å²) in [7, 11) is 1.67.